The minimum absolute atomic E-state index is 0.0908. The van der Waals surface area contributed by atoms with Crippen molar-refractivity contribution in [2.45, 2.75) is 37.6 Å². The number of nitrogens with zero attached hydrogens (tertiary/aromatic N) is 1. The number of rotatable bonds is 9. The van der Waals surface area contributed by atoms with Crippen LogP contribution in [-0.2, 0) is 10.0 Å². The molecule has 1 atom stereocenters. The molecule has 9 heteroatoms. The molecule has 0 saturated heterocycles. The second-order valence-electron chi connectivity index (χ2n) is 7.49. The topological polar surface area (TPSA) is 84.9 Å². The summed E-state index contributed by atoms with van der Waals surface area (Å²) < 4.78 is 39.0. The molecular weight excluding hydrogens is 448 g/mol. The summed E-state index contributed by atoms with van der Waals surface area (Å²) in [4.78, 5) is 13.2. The van der Waals surface area contributed by atoms with Crippen molar-refractivity contribution >= 4 is 43.0 Å². The standard InChI is InChI=1S/C23H28N2O5S2/c1-6-7-15(2)24-23(26)22-13-16-12-17(8-11-21(16)31-22)25(3)32(27,28)18-9-10-19(29-4)20(14-18)30-5/h8-15H,6-7H2,1-5H3,(H,24,26)/t15-/m0/s1. The van der Waals surface area contributed by atoms with Crippen molar-refractivity contribution < 1.29 is 22.7 Å². The normalized spacial score (nSPS) is 12.4. The Balaban J connectivity index is 1.89. The van der Waals surface area contributed by atoms with Crippen LogP contribution in [-0.4, -0.2) is 41.6 Å². The van der Waals surface area contributed by atoms with Crippen LogP contribution < -0.4 is 19.1 Å². The number of anilines is 1. The highest BCUT2D eigenvalue weighted by Gasteiger charge is 2.24. The number of benzene rings is 2. The molecule has 1 N–H and O–H groups in total. The summed E-state index contributed by atoms with van der Waals surface area (Å²) in [5, 5.41) is 3.82. The number of hydrogen-bond acceptors (Lipinski definition) is 6. The van der Waals surface area contributed by atoms with Crippen molar-refractivity contribution in [3.8, 4) is 11.5 Å². The van der Waals surface area contributed by atoms with Crippen LogP contribution in [0.1, 0.15) is 36.4 Å². The SMILES string of the molecule is CCC[C@H](C)NC(=O)c1cc2cc(N(C)S(=O)(=O)c3ccc(OC)c(OC)c3)ccc2s1. The van der Waals surface area contributed by atoms with Gasteiger partial charge >= 0.3 is 0 Å². The smallest absolute Gasteiger partial charge is 0.264 e. The molecule has 0 saturated carbocycles. The molecule has 1 amide bonds. The fraction of sp³-hybridized carbons (Fsp3) is 0.348. The predicted octanol–water partition coefficient (Wildman–Crippen LogP) is 4.66. The van der Waals surface area contributed by atoms with Gasteiger partial charge in [-0.3, -0.25) is 9.10 Å². The number of fused-ring (bicyclic) bond motifs is 1. The number of amides is 1. The monoisotopic (exact) mass is 476 g/mol. The number of carbonyl (C=O) groups excluding carboxylic acids is 1. The van der Waals surface area contributed by atoms with Crippen LogP contribution in [0.4, 0.5) is 5.69 Å². The Bertz CT molecular complexity index is 1220. The average molecular weight is 477 g/mol. The summed E-state index contributed by atoms with van der Waals surface area (Å²) in [5.74, 6) is 0.677. The van der Waals surface area contributed by atoms with Gasteiger partial charge in [-0.15, -0.1) is 11.3 Å². The lowest BCUT2D eigenvalue weighted by Crippen LogP contribution is -2.31. The van der Waals surface area contributed by atoms with Crippen LogP contribution in [0.5, 0.6) is 11.5 Å². The number of nitrogens with one attached hydrogen (secondary N) is 1. The number of hydrogen-bond donors (Lipinski definition) is 1. The molecule has 2 aromatic carbocycles. The molecule has 1 heterocycles. The zero-order chi connectivity index (χ0) is 23.5. The molecule has 1 aromatic heterocycles. The molecule has 0 fully saturated rings. The first-order valence-electron chi connectivity index (χ1n) is 10.3. The highest BCUT2D eigenvalue weighted by Crippen LogP contribution is 2.34. The molecule has 0 aliphatic rings. The van der Waals surface area contributed by atoms with E-state index >= 15 is 0 Å². The van der Waals surface area contributed by atoms with Crippen molar-refractivity contribution in [3.63, 3.8) is 0 Å². The van der Waals surface area contributed by atoms with E-state index in [4.69, 9.17) is 9.47 Å². The third-order valence-corrected chi connectivity index (χ3v) is 8.10. The van der Waals surface area contributed by atoms with E-state index in [0.29, 0.717) is 22.1 Å². The maximum atomic E-state index is 13.2. The Morgan fingerprint density at radius 3 is 2.47 bits per heavy atom. The summed E-state index contributed by atoms with van der Waals surface area (Å²) in [5.41, 5.74) is 0.497. The number of ether oxygens (including phenoxy) is 2. The first-order valence-corrected chi connectivity index (χ1v) is 12.5. The van der Waals surface area contributed by atoms with Gasteiger partial charge in [0, 0.05) is 23.9 Å². The van der Waals surface area contributed by atoms with E-state index in [1.807, 2.05) is 13.0 Å². The van der Waals surface area contributed by atoms with Gasteiger partial charge in [0.2, 0.25) is 0 Å². The highest BCUT2D eigenvalue weighted by molar-refractivity contribution is 7.92. The maximum Gasteiger partial charge on any atom is 0.264 e. The fourth-order valence-corrected chi connectivity index (χ4v) is 5.56. The van der Waals surface area contributed by atoms with E-state index in [-0.39, 0.29) is 16.8 Å². The van der Waals surface area contributed by atoms with Gasteiger partial charge in [0.05, 0.1) is 29.7 Å². The Kier molecular flexibility index (Phi) is 7.30. The van der Waals surface area contributed by atoms with Crippen molar-refractivity contribution in [3.05, 3.63) is 47.3 Å². The average Bonchev–Trinajstić information content (AvgIpc) is 3.21. The molecule has 172 valence electrons. The second-order valence-corrected chi connectivity index (χ2v) is 10.5. The van der Waals surface area contributed by atoms with Gasteiger partial charge in [-0.2, -0.15) is 0 Å². The van der Waals surface area contributed by atoms with Crippen molar-refractivity contribution in [1.82, 2.24) is 5.32 Å². The van der Waals surface area contributed by atoms with Crippen LogP contribution in [0.15, 0.2) is 47.4 Å². The highest BCUT2D eigenvalue weighted by atomic mass is 32.2. The van der Waals surface area contributed by atoms with Crippen LogP contribution in [0.3, 0.4) is 0 Å². The number of sulfonamides is 1. The molecule has 0 radical (unpaired) electrons. The largest absolute Gasteiger partial charge is 0.493 e. The van der Waals surface area contributed by atoms with Crippen molar-refractivity contribution in [2.24, 2.45) is 0 Å². The summed E-state index contributed by atoms with van der Waals surface area (Å²) in [6.07, 6.45) is 1.91. The quantitative estimate of drug-likeness (QED) is 0.485. The Hall–Kier alpha value is -2.78. The first kappa shape index (κ1) is 23.9. The lowest BCUT2D eigenvalue weighted by atomic mass is 10.2. The van der Waals surface area contributed by atoms with E-state index in [2.05, 4.69) is 12.2 Å². The zero-order valence-electron chi connectivity index (χ0n) is 18.8. The minimum Gasteiger partial charge on any atom is -0.493 e. The molecule has 7 nitrogen and oxygen atoms in total. The summed E-state index contributed by atoms with van der Waals surface area (Å²) in [6.45, 7) is 4.07. The van der Waals surface area contributed by atoms with E-state index in [0.717, 1.165) is 22.9 Å². The summed E-state index contributed by atoms with van der Waals surface area (Å²) >= 11 is 1.39. The fourth-order valence-electron chi connectivity index (χ4n) is 3.41. The summed E-state index contributed by atoms with van der Waals surface area (Å²) in [6, 6.07) is 11.7. The lowest BCUT2D eigenvalue weighted by molar-refractivity contribution is 0.0942. The molecule has 0 aliphatic heterocycles. The van der Waals surface area contributed by atoms with Gasteiger partial charge < -0.3 is 14.8 Å². The summed E-state index contributed by atoms with van der Waals surface area (Å²) in [7, 11) is 0.622. The van der Waals surface area contributed by atoms with Crippen LogP contribution in [0.2, 0.25) is 0 Å². The van der Waals surface area contributed by atoms with Gasteiger partial charge in [0.1, 0.15) is 0 Å². The number of carbonyl (C=O) groups is 1. The third-order valence-electron chi connectivity index (χ3n) is 5.20. The van der Waals surface area contributed by atoms with Crippen LogP contribution in [0, 0.1) is 0 Å². The maximum absolute atomic E-state index is 13.2. The van der Waals surface area contributed by atoms with Gasteiger partial charge in [0.15, 0.2) is 11.5 Å². The van der Waals surface area contributed by atoms with E-state index in [9.17, 15) is 13.2 Å². The van der Waals surface area contributed by atoms with Crippen LogP contribution >= 0.6 is 11.3 Å². The Morgan fingerprint density at radius 2 is 1.81 bits per heavy atom. The second kappa shape index (κ2) is 9.79. The lowest BCUT2D eigenvalue weighted by Gasteiger charge is -2.20. The molecule has 0 unspecified atom stereocenters. The van der Waals surface area contributed by atoms with Gasteiger partial charge in [-0.05, 0) is 55.1 Å². The molecule has 32 heavy (non-hydrogen) atoms. The van der Waals surface area contributed by atoms with Crippen molar-refractivity contribution in [2.75, 3.05) is 25.6 Å². The Labute approximate surface area is 193 Å². The molecule has 0 aliphatic carbocycles. The van der Waals surface area contributed by atoms with Gasteiger partial charge in [-0.1, -0.05) is 13.3 Å². The van der Waals surface area contributed by atoms with E-state index in [1.165, 1.54) is 49.0 Å². The molecular formula is C23H28N2O5S2. The predicted molar refractivity (Wildman–Crippen MR) is 129 cm³/mol. The molecule has 3 rings (SSSR count). The molecule has 0 bridgehead atoms. The number of thiophene rings is 1. The van der Waals surface area contributed by atoms with Gasteiger partial charge in [0.25, 0.3) is 15.9 Å². The minimum atomic E-state index is -3.83. The third kappa shape index (κ3) is 4.83. The van der Waals surface area contributed by atoms with Crippen molar-refractivity contribution in [1.29, 1.82) is 0 Å². The zero-order valence-corrected chi connectivity index (χ0v) is 20.5. The molecule has 0 spiro atoms. The Morgan fingerprint density at radius 1 is 1.09 bits per heavy atom. The van der Waals surface area contributed by atoms with Crippen LogP contribution in [0.25, 0.3) is 10.1 Å². The molecule has 3 aromatic rings. The number of methoxy groups -OCH3 is 2. The van der Waals surface area contributed by atoms with E-state index < -0.39 is 10.0 Å². The first-order chi connectivity index (χ1) is 15.2. The van der Waals surface area contributed by atoms with Gasteiger partial charge in [-0.25, -0.2) is 8.42 Å². The van der Waals surface area contributed by atoms with E-state index in [1.54, 1.807) is 24.3 Å².